The van der Waals surface area contributed by atoms with Crippen molar-refractivity contribution in [3.8, 4) is 5.75 Å². The maximum Gasteiger partial charge on any atom is 0.253 e. The van der Waals surface area contributed by atoms with Crippen LogP contribution in [0.2, 0.25) is 0 Å². The van der Waals surface area contributed by atoms with E-state index in [1.807, 2.05) is 41.3 Å². The molecule has 0 bridgehead atoms. The van der Waals surface area contributed by atoms with Gasteiger partial charge in [0, 0.05) is 18.3 Å². The number of rotatable bonds is 2. The number of ether oxygens (including phenoxy) is 1. The Morgan fingerprint density at radius 1 is 1.26 bits per heavy atom. The molecule has 2 aliphatic heterocycles. The summed E-state index contributed by atoms with van der Waals surface area (Å²) in [7, 11) is 0. The minimum Gasteiger partial charge on any atom is -0.488 e. The van der Waals surface area contributed by atoms with E-state index >= 15 is 0 Å². The first-order chi connectivity index (χ1) is 11.3. The van der Waals surface area contributed by atoms with E-state index in [0.717, 1.165) is 48.4 Å². The van der Waals surface area contributed by atoms with E-state index in [9.17, 15) is 4.79 Å². The lowest BCUT2D eigenvalue weighted by Crippen LogP contribution is -2.40. The molecule has 2 aromatic rings. The molecule has 0 spiro atoms. The molecule has 0 unspecified atom stereocenters. The third kappa shape index (κ3) is 2.63. The zero-order chi connectivity index (χ0) is 15.6. The summed E-state index contributed by atoms with van der Waals surface area (Å²) in [4.78, 5) is 15.0. The van der Waals surface area contributed by atoms with Gasteiger partial charge in [-0.15, -0.1) is 0 Å². The van der Waals surface area contributed by atoms with Crippen LogP contribution in [-0.2, 0) is 4.79 Å². The highest BCUT2D eigenvalue weighted by Gasteiger charge is 2.31. The number of para-hydroxylation sites is 1. The molecule has 1 N–H and O–H groups in total. The second-order valence-electron chi connectivity index (χ2n) is 6.02. The number of nitrogens with one attached hydrogen (secondary N) is 1. The first-order valence-corrected chi connectivity index (χ1v) is 8.05. The molecule has 118 valence electrons. The van der Waals surface area contributed by atoms with Crippen LogP contribution in [-0.4, -0.2) is 34.2 Å². The molecule has 1 saturated heterocycles. The molecule has 1 aromatic heterocycles. The molecule has 2 aliphatic rings. The second-order valence-corrected chi connectivity index (χ2v) is 6.02. The summed E-state index contributed by atoms with van der Waals surface area (Å²) >= 11 is 0. The van der Waals surface area contributed by atoms with E-state index in [4.69, 9.17) is 4.74 Å². The first kappa shape index (κ1) is 14.1. The smallest absolute Gasteiger partial charge is 0.253 e. The van der Waals surface area contributed by atoms with E-state index in [2.05, 4.69) is 10.2 Å². The van der Waals surface area contributed by atoms with Crippen molar-refractivity contribution in [2.75, 3.05) is 13.2 Å². The summed E-state index contributed by atoms with van der Waals surface area (Å²) in [5, 5.41) is 7.05. The van der Waals surface area contributed by atoms with Crippen LogP contribution >= 0.6 is 0 Å². The third-order valence-electron chi connectivity index (χ3n) is 4.55. The average molecular weight is 309 g/mol. The number of amides is 1. The van der Waals surface area contributed by atoms with Crippen LogP contribution in [0, 0.1) is 0 Å². The molecule has 3 heterocycles. The summed E-state index contributed by atoms with van der Waals surface area (Å²) in [5.41, 5.74) is 2.70. The number of carbonyl (C=O) groups excluding carboxylic acids is 1. The number of nitrogens with zero attached hydrogens (tertiary/aromatic N) is 2. The fourth-order valence-electron chi connectivity index (χ4n) is 3.37. The number of likely N-dealkylation sites (tertiary alicyclic amines) is 1. The van der Waals surface area contributed by atoms with E-state index in [1.165, 1.54) is 0 Å². The Morgan fingerprint density at radius 2 is 2.17 bits per heavy atom. The predicted octanol–water partition coefficient (Wildman–Crippen LogP) is 2.94. The topological polar surface area (TPSA) is 58.2 Å². The van der Waals surface area contributed by atoms with Gasteiger partial charge >= 0.3 is 0 Å². The molecule has 23 heavy (non-hydrogen) atoms. The maximum atomic E-state index is 13.0. The molecule has 5 heteroatoms. The average Bonchev–Trinajstić information content (AvgIpc) is 3.15. The van der Waals surface area contributed by atoms with Gasteiger partial charge in [-0.25, -0.2) is 0 Å². The van der Waals surface area contributed by atoms with Crippen molar-refractivity contribution in [1.82, 2.24) is 15.1 Å². The number of carbonyl (C=O) groups is 1. The van der Waals surface area contributed by atoms with Crippen molar-refractivity contribution in [2.24, 2.45) is 0 Å². The number of hydrogen-bond donors (Lipinski definition) is 1. The minimum absolute atomic E-state index is 0.0683. The van der Waals surface area contributed by atoms with Gasteiger partial charge in [0.2, 0.25) is 0 Å². The van der Waals surface area contributed by atoms with Gasteiger partial charge in [-0.2, -0.15) is 5.10 Å². The summed E-state index contributed by atoms with van der Waals surface area (Å²) in [5.74, 6) is 0.909. The number of fused-ring (bicyclic) bond motifs is 1. The standard InChI is InChI=1S/C18H19N3O2/c22-18(14-11-13-5-1-2-7-17(13)23-12-14)21-10-4-3-6-16(21)15-8-9-19-20-15/h1-2,5,7-9,11,16H,3-4,6,10,12H2,(H,19,20)/t16-/m1/s1. The lowest BCUT2D eigenvalue weighted by Gasteiger charge is -2.36. The summed E-state index contributed by atoms with van der Waals surface area (Å²) in [6.45, 7) is 1.11. The largest absolute Gasteiger partial charge is 0.488 e. The van der Waals surface area contributed by atoms with Crippen molar-refractivity contribution >= 4 is 12.0 Å². The van der Waals surface area contributed by atoms with E-state index in [1.54, 1.807) is 6.20 Å². The van der Waals surface area contributed by atoms with Gasteiger partial charge in [-0.3, -0.25) is 9.89 Å². The van der Waals surface area contributed by atoms with Gasteiger partial charge < -0.3 is 9.64 Å². The third-order valence-corrected chi connectivity index (χ3v) is 4.55. The Kier molecular flexibility index (Phi) is 3.61. The number of aromatic amines is 1. The predicted molar refractivity (Wildman–Crippen MR) is 86.8 cm³/mol. The van der Waals surface area contributed by atoms with Crippen molar-refractivity contribution in [1.29, 1.82) is 0 Å². The molecule has 1 amide bonds. The van der Waals surface area contributed by atoms with Crippen LogP contribution in [0.1, 0.15) is 36.6 Å². The van der Waals surface area contributed by atoms with Gasteiger partial charge in [0.25, 0.3) is 5.91 Å². The summed E-state index contributed by atoms with van der Waals surface area (Å²) in [6, 6.07) is 9.85. The molecule has 0 radical (unpaired) electrons. The van der Waals surface area contributed by atoms with Gasteiger partial charge in [-0.1, -0.05) is 18.2 Å². The quantitative estimate of drug-likeness (QED) is 0.928. The van der Waals surface area contributed by atoms with Crippen molar-refractivity contribution < 1.29 is 9.53 Å². The molecule has 1 aromatic carbocycles. The normalized spacial score (nSPS) is 20.4. The lowest BCUT2D eigenvalue weighted by atomic mass is 9.97. The first-order valence-electron chi connectivity index (χ1n) is 8.05. The number of benzene rings is 1. The van der Waals surface area contributed by atoms with Gasteiger partial charge in [-0.05, 0) is 37.5 Å². The monoisotopic (exact) mass is 309 g/mol. The summed E-state index contributed by atoms with van der Waals surface area (Å²) < 4.78 is 5.74. The van der Waals surface area contributed by atoms with Crippen LogP contribution in [0.5, 0.6) is 5.75 Å². The number of aromatic nitrogens is 2. The molecule has 1 fully saturated rings. The molecule has 0 aliphatic carbocycles. The van der Waals surface area contributed by atoms with Gasteiger partial charge in [0.05, 0.1) is 17.3 Å². The molecular formula is C18H19N3O2. The van der Waals surface area contributed by atoms with Crippen molar-refractivity contribution in [3.05, 3.63) is 53.4 Å². The van der Waals surface area contributed by atoms with E-state index in [-0.39, 0.29) is 11.9 Å². The van der Waals surface area contributed by atoms with Crippen LogP contribution in [0.3, 0.4) is 0 Å². The Hall–Kier alpha value is -2.56. The van der Waals surface area contributed by atoms with Crippen LogP contribution in [0.25, 0.3) is 6.08 Å². The Balaban J connectivity index is 1.62. The number of piperidine rings is 1. The highest BCUT2D eigenvalue weighted by atomic mass is 16.5. The molecule has 0 saturated carbocycles. The van der Waals surface area contributed by atoms with Crippen LogP contribution < -0.4 is 4.74 Å². The highest BCUT2D eigenvalue weighted by molar-refractivity contribution is 5.99. The maximum absolute atomic E-state index is 13.0. The van der Waals surface area contributed by atoms with E-state index < -0.39 is 0 Å². The lowest BCUT2D eigenvalue weighted by molar-refractivity contribution is -0.131. The zero-order valence-corrected chi connectivity index (χ0v) is 12.9. The highest BCUT2D eigenvalue weighted by Crippen LogP contribution is 2.33. The molecule has 4 rings (SSSR count). The Labute approximate surface area is 135 Å². The molecule has 1 atom stereocenters. The van der Waals surface area contributed by atoms with Gasteiger partial charge in [0.15, 0.2) is 0 Å². The Morgan fingerprint density at radius 3 is 3.04 bits per heavy atom. The Bertz CT molecular complexity index is 736. The van der Waals surface area contributed by atoms with Gasteiger partial charge in [0.1, 0.15) is 12.4 Å². The van der Waals surface area contributed by atoms with Crippen LogP contribution in [0.15, 0.2) is 42.1 Å². The van der Waals surface area contributed by atoms with Crippen molar-refractivity contribution in [3.63, 3.8) is 0 Å². The molecular weight excluding hydrogens is 290 g/mol. The number of hydrogen-bond acceptors (Lipinski definition) is 3. The minimum atomic E-state index is 0.0683. The van der Waals surface area contributed by atoms with E-state index in [0.29, 0.717) is 6.61 Å². The number of H-pyrrole nitrogens is 1. The SMILES string of the molecule is O=C(C1=Cc2ccccc2OC1)N1CCCC[C@@H]1c1ccn[nH]1. The van der Waals surface area contributed by atoms with Crippen molar-refractivity contribution in [2.45, 2.75) is 25.3 Å². The molecule has 5 nitrogen and oxygen atoms in total. The fourth-order valence-corrected chi connectivity index (χ4v) is 3.37. The zero-order valence-electron chi connectivity index (χ0n) is 12.9. The summed E-state index contributed by atoms with van der Waals surface area (Å²) in [6.07, 6.45) is 6.84. The second kappa shape index (κ2) is 5.91. The van der Waals surface area contributed by atoms with Crippen LogP contribution in [0.4, 0.5) is 0 Å². The fraction of sp³-hybridized carbons (Fsp3) is 0.333.